The van der Waals surface area contributed by atoms with Gasteiger partial charge in [0.05, 0.1) is 0 Å². The Morgan fingerprint density at radius 1 is 1.35 bits per heavy atom. The first kappa shape index (κ1) is 14.8. The van der Waals surface area contributed by atoms with E-state index in [1.165, 1.54) is 38.2 Å². The number of aliphatic imine (C=N–C) groups is 1. The molecule has 0 atom stereocenters. The molecule has 1 fully saturated rings. The highest BCUT2D eigenvalue weighted by atomic mass is 19.1. The van der Waals surface area contributed by atoms with Gasteiger partial charge in [0.25, 0.3) is 0 Å². The minimum absolute atomic E-state index is 0.187. The zero-order valence-corrected chi connectivity index (χ0v) is 12.2. The molecule has 0 heterocycles. The Morgan fingerprint density at radius 2 is 2.10 bits per heavy atom. The molecule has 0 aromatic heterocycles. The second-order valence-electron chi connectivity index (χ2n) is 5.57. The van der Waals surface area contributed by atoms with Gasteiger partial charge in [-0.05, 0) is 49.4 Å². The summed E-state index contributed by atoms with van der Waals surface area (Å²) in [5, 5.41) is 3.30. The summed E-state index contributed by atoms with van der Waals surface area (Å²) in [6.45, 7) is 2.56. The number of nitrogens with zero attached hydrogens (tertiary/aromatic N) is 1. The Balaban J connectivity index is 1.79. The molecule has 1 aliphatic carbocycles. The van der Waals surface area contributed by atoms with Crippen LogP contribution in [-0.4, -0.2) is 18.5 Å². The maximum Gasteiger partial charge on any atom is 0.188 e. The van der Waals surface area contributed by atoms with Crippen molar-refractivity contribution < 1.29 is 4.39 Å². The third-order valence-corrected chi connectivity index (χ3v) is 3.93. The highest BCUT2D eigenvalue weighted by Gasteiger charge is 2.13. The van der Waals surface area contributed by atoms with Gasteiger partial charge in [0.15, 0.2) is 5.96 Å². The normalized spacial score (nSPS) is 17.2. The molecule has 0 spiro atoms. The van der Waals surface area contributed by atoms with Crippen LogP contribution >= 0.6 is 0 Å². The van der Waals surface area contributed by atoms with Gasteiger partial charge < -0.3 is 11.1 Å². The van der Waals surface area contributed by atoms with E-state index in [1.807, 2.05) is 13.0 Å². The van der Waals surface area contributed by atoms with E-state index in [4.69, 9.17) is 5.73 Å². The van der Waals surface area contributed by atoms with Crippen molar-refractivity contribution in [2.24, 2.45) is 10.7 Å². The first-order valence-electron chi connectivity index (χ1n) is 7.46. The molecule has 3 N–H and O–H groups in total. The maximum absolute atomic E-state index is 13.0. The molecule has 1 aromatic rings. The number of guanidine groups is 1. The fourth-order valence-electron chi connectivity index (χ4n) is 2.74. The summed E-state index contributed by atoms with van der Waals surface area (Å²) in [7, 11) is 0. The smallest absolute Gasteiger partial charge is 0.188 e. The molecule has 0 amide bonds. The van der Waals surface area contributed by atoms with Crippen LogP contribution in [0.15, 0.2) is 23.2 Å². The zero-order valence-electron chi connectivity index (χ0n) is 12.2. The van der Waals surface area contributed by atoms with Gasteiger partial charge >= 0.3 is 0 Å². The Bertz CT molecular complexity index is 465. The number of rotatable bonds is 4. The molecule has 2 rings (SSSR count). The van der Waals surface area contributed by atoms with Crippen molar-refractivity contribution in [1.29, 1.82) is 0 Å². The summed E-state index contributed by atoms with van der Waals surface area (Å²) in [5.74, 6) is 0.352. The molecule has 0 unspecified atom stereocenters. The molecule has 3 nitrogen and oxygen atoms in total. The monoisotopic (exact) mass is 277 g/mol. The fraction of sp³-hybridized carbons (Fsp3) is 0.562. The predicted octanol–water partition coefficient (Wildman–Crippen LogP) is 2.91. The van der Waals surface area contributed by atoms with Gasteiger partial charge in [-0.25, -0.2) is 4.39 Å². The van der Waals surface area contributed by atoms with Crippen molar-refractivity contribution in [1.82, 2.24) is 5.32 Å². The van der Waals surface area contributed by atoms with Crippen molar-refractivity contribution in [2.45, 2.75) is 51.5 Å². The van der Waals surface area contributed by atoms with Gasteiger partial charge in [0, 0.05) is 12.6 Å². The van der Waals surface area contributed by atoms with Crippen LogP contribution in [0.4, 0.5) is 4.39 Å². The van der Waals surface area contributed by atoms with Crippen LogP contribution in [-0.2, 0) is 6.42 Å². The molecule has 0 aliphatic heterocycles. The number of nitrogens with one attached hydrogen (secondary N) is 1. The minimum Gasteiger partial charge on any atom is -0.370 e. The van der Waals surface area contributed by atoms with Crippen LogP contribution < -0.4 is 11.1 Å². The summed E-state index contributed by atoms with van der Waals surface area (Å²) in [5.41, 5.74) is 8.01. The number of hydrogen-bond acceptors (Lipinski definition) is 1. The van der Waals surface area contributed by atoms with Crippen LogP contribution in [0.5, 0.6) is 0 Å². The van der Waals surface area contributed by atoms with E-state index in [0.29, 0.717) is 18.5 Å². The molecule has 0 bridgehead atoms. The van der Waals surface area contributed by atoms with Gasteiger partial charge in [0.1, 0.15) is 5.82 Å². The summed E-state index contributed by atoms with van der Waals surface area (Å²) in [6, 6.07) is 5.36. The Kier molecular flexibility index (Phi) is 5.39. The van der Waals surface area contributed by atoms with E-state index < -0.39 is 0 Å². The molecule has 110 valence electrons. The van der Waals surface area contributed by atoms with Crippen molar-refractivity contribution in [3.05, 3.63) is 35.1 Å². The van der Waals surface area contributed by atoms with Crippen molar-refractivity contribution in [3.63, 3.8) is 0 Å². The van der Waals surface area contributed by atoms with Gasteiger partial charge in [0.2, 0.25) is 0 Å². The van der Waals surface area contributed by atoms with E-state index in [1.54, 1.807) is 6.07 Å². The molecule has 0 radical (unpaired) electrons. The number of hydrogen-bond donors (Lipinski definition) is 2. The van der Waals surface area contributed by atoms with E-state index >= 15 is 0 Å². The molecule has 0 saturated heterocycles. The summed E-state index contributed by atoms with van der Waals surface area (Å²) in [4.78, 5) is 4.37. The summed E-state index contributed by atoms with van der Waals surface area (Å²) in [6.07, 6.45) is 7.05. The lowest BCUT2D eigenvalue weighted by Gasteiger charge is -2.23. The molecular formula is C16H24FN3. The van der Waals surface area contributed by atoms with E-state index in [-0.39, 0.29) is 5.82 Å². The van der Waals surface area contributed by atoms with E-state index in [0.717, 1.165) is 17.5 Å². The van der Waals surface area contributed by atoms with Gasteiger partial charge in [-0.3, -0.25) is 4.99 Å². The topological polar surface area (TPSA) is 50.4 Å². The lowest BCUT2D eigenvalue weighted by atomic mass is 9.96. The molecule has 1 aromatic carbocycles. The highest BCUT2D eigenvalue weighted by Crippen LogP contribution is 2.17. The largest absolute Gasteiger partial charge is 0.370 e. The Morgan fingerprint density at radius 3 is 2.80 bits per heavy atom. The minimum atomic E-state index is -0.187. The molecule has 1 saturated carbocycles. The second kappa shape index (κ2) is 7.27. The number of halogens is 1. The average molecular weight is 277 g/mol. The first-order valence-corrected chi connectivity index (χ1v) is 7.46. The molecule has 20 heavy (non-hydrogen) atoms. The van der Waals surface area contributed by atoms with Gasteiger partial charge in [-0.1, -0.05) is 25.3 Å². The Labute approximate surface area is 120 Å². The summed E-state index contributed by atoms with van der Waals surface area (Å²) < 4.78 is 13.0. The van der Waals surface area contributed by atoms with Crippen LogP contribution in [0, 0.1) is 12.7 Å². The van der Waals surface area contributed by atoms with Crippen molar-refractivity contribution >= 4 is 5.96 Å². The highest BCUT2D eigenvalue weighted by molar-refractivity contribution is 5.78. The van der Waals surface area contributed by atoms with Crippen LogP contribution in [0.25, 0.3) is 0 Å². The van der Waals surface area contributed by atoms with E-state index in [2.05, 4.69) is 10.3 Å². The van der Waals surface area contributed by atoms with Crippen molar-refractivity contribution in [3.8, 4) is 0 Å². The lowest BCUT2D eigenvalue weighted by molar-refractivity contribution is 0.412. The Hall–Kier alpha value is -1.58. The lowest BCUT2D eigenvalue weighted by Crippen LogP contribution is -2.41. The SMILES string of the molecule is Cc1cc(F)ccc1CCN=C(N)NC1CCCCC1. The standard InChI is InChI=1S/C16H24FN3/c1-12-11-14(17)8-7-13(12)9-10-19-16(18)20-15-5-3-2-4-6-15/h7-8,11,15H,2-6,9-10H2,1H3,(H3,18,19,20). The van der Waals surface area contributed by atoms with Gasteiger partial charge in [-0.2, -0.15) is 0 Å². The summed E-state index contributed by atoms with van der Waals surface area (Å²) >= 11 is 0. The van der Waals surface area contributed by atoms with E-state index in [9.17, 15) is 4.39 Å². The predicted molar refractivity (Wildman–Crippen MR) is 81.3 cm³/mol. The molecule has 4 heteroatoms. The number of aryl methyl sites for hydroxylation is 1. The fourth-order valence-corrected chi connectivity index (χ4v) is 2.74. The van der Waals surface area contributed by atoms with Crippen molar-refractivity contribution in [2.75, 3.05) is 6.54 Å². The number of benzene rings is 1. The molecular weight excluding hydrogens is 253 g/mol. The van der Waals surface area contributed by atoms with Crippen LogP contribution in [0.1, 0.15) is 43.2 Å². The van der Waals surface area contributed by atoms with Crippen LogP contribution in [0.3, 0.4) is 0 Å². The average Bonchev–Trinajstić information content (AvgIpc) is 2.42. The number of nitrogens with two attached hydrogens (primary N) is 1. The first-order chi connectivity index (χ1) is 9.65. The van der Waals surface area contributed by atoms with Gasteiger partial charge in [-0.15, -0.1) is 0 Å². The second-order valence-corrected chi connectivity index (χ2v) is 5.57. The maximum atomic E-state index is 13.0. The molecule has 1 aliphatic rings. The third kappa shape index (κ3) is 4.51. The third-order valence-electron chi connectivity index (χ3n) is 3.93. The quantitative estimate of drug-likeness (QED) is 0.657. The van der Waals surface area contributed by atoms with Crippen LogP contribution in [0.2, 0.25) is 0 Å². The zero-order chi connectivity index (χ0) is 14.4.